The second kappa shape index (κ2) is 4.46. The van der Waals surface area contributed by atoms with Crippen molar-refractivity contribution in [1.29, 1.82) is 0 Å². The van der Waals surface area contributed by atoms with Gasteiger partial charge < -0.3 is 10.4 Å². The van der Waals surface area contributed by atoms with E-state index in [1.807, 2.05) is 12.1 Å². The van der Waals surface area contributed by atoms with Gasteiger partial charge in [0.25, 0.3) is 0 Å². The Morgan fingerprint density at radius 2 is 1.94 bits per heavy atom. The predicted octanol–water partition coefficient (Wildman–Crippen LogP) is 2.94. The van der Waals surface area contributed by atoms with Crippen LogP contribution in [0.25, 0.3) is 0 Å². The molecule has 2 aromatic carbocycles. The first-order valence-corrected chi connectivity index (χ1v) is 6.36. The number of rotatable bonds is 1. The van der Waals surface area contributed by atoms with Gasteiger partial charge in [0.15, 0.2) is 0 Å². The number of aromatic hydroxyl groups is 1. The maximum atomic E-state index is 9.58. The fourth-order valence-corrected chi connectivity index (χ4v) is 2.74. The molecule has 0 saturated heterocycles. The molecule has 0 bridgehead atoms. The summed E-state index contributed by atoms with van der Waals surface area (Å²) in [5, 5.41) is 13.1. The normalized spacial score (nSPS) is 18.4. The Balaban J connectivity index is 2.09. The van der Waals surface area contributed by atoms with Crippen LogP contribution in [0.15, 0.2) is 42.5 Å². The monoisotopic (exact) mass is 239 g/mol. The average Bonchev–Trinajstić information content (AvgIpc) is 2.38. The van der Waals surface area contributed by atoms with Crippen LogP contribution in [0.2, 0.25) is 0 Å². The lowest BCUT2D eigenvalue weighted by atomic mass is 9.88. The van der Waals surface area contributed by atoms with E-state index in [0.29, 0.717) is 5.75 Å². The first-order valence-electron chi connectivity index (χ1n) is 6.36. The van der Waals surface area contributed by atoms with Gasteiger partial charge in [-0.05, 0) is 47.7 Å². The van der Waals surface area contributed by atoms with Gasteiger partial charge >= 0.3 is 0 Å². The van der Waals surface area contributed by atoms with Crippen LogP contribution >= 0.6 is 0 Å². The number of nitrogens with one attached hydrogen (secondary N) is 1. The van der Waals surface area contributed by atoms with Crippen molar-refractivity contribution in [3.05, 3.63) is 64.7 Å². The largest absolute Gasteiger partial charge is 0.508 e. The SMILES string of the molecule is Cc1ccccc1[C@@H]1NCCc2cc(O)ccc21. The molecule has 0 aromatic heterocycles. The highest BCUT2D eigenvalue weighted by Crippen LogP contribution is 2.32. The molecule has 0 spiro atoms. The number of benzene rings is 2. The van der Waals surface area contributed by atoms with Crippen molar-refractivity contribution in [2.75, 3.05) is 6.54 Å². The molecule has 1 atom stereocenters. The first-order chi connectivity index (χ1) is 8.75. The van der Waals surface area contributed by atoms with Gasteiger partial charge in [0.1, 0.15) is 5.75 Å². The Hall–Kier alpha value is -1.80. The quantitative estimate of drug-likeness (QED) is 0.802. The Labute approximate surface area is 107 Å². The maximum Gasteiger partial charge on any atom is 0.115 e. The van der Waals surface area contributed by atoms with Gasteiger partial charge in [-0.1, -0.05) is 30.3 Å². The highest BCUT2D eigenvalue weighted by Gasteiger charge is 2.22. The minimum absolute atomic E-state index is 0.246. The van der Waals surface area contributed by atoms with Gasteiger partial charge in [0.05, 0.1) is 6.04 Å². The van der Waals surface area contributed by atoms with Gasteiger partial charge in [0, 0.05) is 6.54 Å². The van der Waals surface area contributed by atoms with E-state index in [1.54, 1.807) is 6.07 Å². The molecular formula is C16H17NO. The van der Waals surface area contributed by atoms with Crippen molar-refractivity contribution in [2.24, 2.45) is 0 Å². The highest BCUT2D eigenvalue weighted by molar-refractivity contribution is 5.45. The molecule has 18 heavy (non-hydrogen) atoms. The fraction of sp³-hybridized carbons (Fsp3) is 0.250. The van der Waals surface area contributed by atoms with E-state index >= 15 is 0 Å². The highest BCUT2D eigenvalue weighted by atomic mass is 16.3. The lowest BCUT2D eigenvalue weighted by Crippen LogP contribution is -2.30. The van der Waals surface area contributed by atoms with Crippen LogP contribution in [0.1, 0.15) is 28.3 Å². The second-order valence-electron chi connectivity index (χ2n) is 4.88. The molecule has 2 aromatic rings. The molecule has 0 aliphatic carbocycles. The van der Waals surface area contributed by atoms with Gasteiger partial charge in [-0.15, -0.1) is 0 Å². The van der Waals surface area contributed by atoms with E-state index in [0.717, 1.165) is 13.0 Å². The van der Waals surface area contributed by atoms with Gasteiger partial charge in [-0.3, -0.25) is 0 Å². The number of phenols is 1. The standard InChI is InChI=1S/C16H17NO/c1-11-4-2-3-5-14(11)16-15-7-6-13(18)10-12(15)8-9-17-16/h2-7,10,16-18H,8-9H2,1H3/t16-/m0/s1. The molecule has 3 rings (SSSR count). The van der Waals surface area contributed by atoms with E-state index < -0.39 is 0 Å². The molecule has 0 saturated carbocycles. The minimum atomic E-state index is 0.246. The maximum absolute atomic E-state index is 9.58. The molecule has 2 nitrogen and oxygen atoms in total. The molecule has 0 fully saturated rings. The zero-order valence-corrected chi connectivity index (χ0v) is 10.5. The summed E-state index contributed by atoms with van der Waals surface area (Å²) in [6.45, 7) is 3.10. The number of fused-ring (bicyclic) bond motifs is 1. The third kappa shape index (κ3) is 1.89. The molecule has 1 aliphatic rings. The van der Waals surface area contributed by atoms with Crippen molar-refractivity contribution in [3.63, 3.8) is 0 Å². The number of phenolic OH excluding ortho intramolecular Hbond substituents is 1. The van der Waals surface area contributed by atoms with Gasteiger partial charge in [-0.2, -0.15) is 0 Å². The van der Waals surface area contributed by atoms with Crippen molar-refractivity contribution in [3.8, 4) is 5.75 Å². The molecular weight excluding hydrogens is 222 g/mol. The van der Waals surface area contributed by atoms with Crippen molar-refractivity contribution in [1.82, 2.24) is 5.32 Å². The Morgan fingerprint density at radius 1 is 1.11 bits per heavy atom. The van der Waals surface area contributed by atoms with Crippen LogP contribution in [-0.4, -0.2) is 11.7 Å². The van der Waals surface area contributed by atoms with Crippen LogP contribution < -0.4 is 5.32 Å². The smallest absolute Gasteiger partial charge is 0.115 e. The number of hydrogen-bond acceptors (Lipinski definition) is 2. The first kappa shape index (κ1) is 11.3. The summed E-state index contributed by atoms with van der Waals surface area (Å²) in [5.41, 5.74) is 5.16. The van der Waals surface area contributed by atoms with Gasteiger partial charge in [-0.25, -0.2) is 0 Å². The Bertz CT molecular complexity index is 577. The molecule has 92 valence electrons. The lowest BCUT2D eigenvalue weighted by Gasteiger charge is -2.28. The van der Waals surface area contributed by atoms with Crippen LogP contribution in [-0.2, 0) is 6.42 Å². The zero-order valence-electron chi connectivity index (χ0n) is 10.5. The van der Waals surface area contributed by atoms with Crippen LogP contribution in [0.4, 0.5) is 0 Å². The van der Waals surface area contributed by atoms with E-state index in [4.69, 9.17) is 0 Å². The van der Waals surface area contributed by atoms with Crippen LogP contribution in [0.5, 0.6) is 5.75 Å². The van der Waals surface area contributed by atoms with Crippen molar-refractivity contribution in [2.45, 2.75) is 19.4 Å². The Morgan fingerprint density at radius 3 is 2.78 bits per heavy atom. The summed E-state index contributed by atoms with van der Waals surface area (Å²) in [5.74, 6) is 0.360. The third-order valence-electron chi connectivity index (χ3n) is 3.68. The molecule has 0 amide bonds. The summed E-state index contributed by atoms with van der Waals surface area (Å²) < 4.78 is 0. The zero-order chi connectivity index (χ0) is 12.5. The summed E-state index contributed by atoms with van der Waals surface area (Å²) in [7, 11) is 0. The van der Waals surface area contributed by atoms with Crippen molar-refractivity contribution < 1.29 is 5.11 Å². The molecule has 1 aliphatic heterocycles. The number of aryl methyl sites for hydroxylation is 1. The fourth-order valence-electron chi connectivity index (χ4n) is 2.74. The lowest BCUT2D eigenvalue weighted by molar-refractivity contribution is 0.471. The molecule has 2 heteroatoms. The Kier molecular flexibility index (Phi) is 2.80. The molecule has 1 heterocycles. The molecule has 0 unspecified atom stereocenters. The van der Waals surface area contributed by atoms with E-state index in [-0.39, 0.29) is 6.04 Å². The average molecular weight is 239 g/mol. The third-order valence-corrected chi connectivity index (χ3v) is 3.68. The summed E-state index contributed by atoms with van der Waals surface area (Å²) in [4.78, 5) is 0. The summed E-state index contributed by atoms with van der Waals surface area (Å²) >= 11 is 0. The van der Waals surface area contributed by atoms with E-state index in [2.05, 4.69) is 36.5 Å². The summed E-state index contributed by atoms with van der Waals surface area (Å²) in [6.07, 6.45) is 0.978. The predicted molar refractivity (Wildman–Crippen MR) is 72.8 cm³/mol. The minimum Gasteiger partial charge on any atom is -0.508 e. The van der Waals surface area contributed by atoms with E-state index in [9.17, 15) is 5.11 Å². The summed E-state index contributed by atoms with van der Waals surface area (Å²) in [6, 6.07) is 14.4. The van der Waals surface area contributed by atoms with Crippen LogP contribution in [0.3, 0.4) is 0 Å². The number of hydrogen-bond donors (Lipinski definition) is 2. The van der Waals surface area contributed by atoms with Crippen LogP contribution in [0, 0.1) is 6.92 Å². The van der Waals surface area contributed by atoms with E-state index in [1.165, 1.54) is 22.3 Å². The molecule has 2 N–H and O–H groups in total. The topological polar surface area (TPSA) is 32.3 Å². The molecule has 0 radical (unpaired) electrons. The van der Waals surface area contributed by atoms with Crippen molar-refractivity contribution >= 4 is 0 Å². The van der Waals surface area contributed by atoms with Gasteiger partial charge in [0.2, 0.25) is 0 Å². The second-order valence-corrected chi connectivity index (χ2v) is 4.88.